The van der Waals surface area contributed by atoms with Crippen molar-refractivity contribution in [1.29, 1.82) is 0 Å². The minimum absolute atomic E-state index is 0.0190. The van der Waals surface area contributed by atoms with Crippen molar-refractivity contribution in [3.8, 4) is 0 Å². The van der Waals surface area contributed by atoms with E-state index in [4.69, 9.17) is 0 Å². The molecule has 1 saturated heterocycles. The van der Waals surface area contributed by atoms with Crippen molar-refractivity contribution < 1.29 is 14.4 Å². The summed E-state index contributed by atoms with van der Waals surface area (Å²) < 4.78 is 0. The number of carbonyl (C=O) groups is 3. The fourth-order valence-corrected chi connectivity index (χ4v) is 2.80. The van der Waals surface area contributed by atoms with Crippen LogP contribution in [0.4, 0.5) is 11.4 Å². The van der Waals surface area contributed by atoms with E-state index in [-0.39, 0.29) is 11.7 Å². The molecule has 2 amide bonds. The highest BCUT2D eigenvalue weighted by Gasteiger charge is 2.17. The smallest absolute Gasteiger partial charge is 0.257 e. The standard InChI is InChI=1S/C19H20N4O3/c1-14(25)15-2-4-17(5-3-15)21-19(26)16-10-18(12-20-11-16)23-8-6-22(13-24)7-9-23/h2-5,10-13H,6-9H2,1H3,(H,21,26). The molecule has 26 heavy (non-hydrogen) atoms. The Hall–Kier alpha value is -3.22. The zero-order valence-electron chi connectivity index (χ0n) is 14.5. The van der Waals surface area contributed by atoms with Crippen LogP contribution in [0.15, 0.2) is 42.7 Å². The van der Waals surface area contributed by atoms with Crippen LogP contribution in [-0.2, 0) is 4.79 Å². The molecule has 2 aromatic rings. The Balaban J connectivity index is 1.68. The second-order valence-electron chi connectivity index (χ2n) is 6.15. The predicted molar refractivity (Wildman–Crippen MR) is 98.5 cm³/mol. The summed E-state index contributed by atoms with van der Waals surface area (Å²) in [5, 5.41) is 2.81. The van der Waals surface area contributed by atoms with Crippen molar-refractivity contribution in [1.82, 2.24) is 9.88 Å². The lowest BCUT2D eigenvalue weighted by molar-refractivity contribution is -0.118. The maximum absolute atomic E-state index is 12.5. The molecule has 1 aromatic carbocycles. The second kappa shape index (κ2) is 7.77. The molecule has 0 aliphatic carbocycles. The van der Waals surface area contributed by atoms with Gasteiger partial charge in [0.05, 0.1) is 17.4 Å². The minimum Gasteiger partial charge on any atom is -0.367 e. The number of carbonyl (C=O) groups excluding carboxylic acids is 3. The largest absolute Gasteiger partial charge is 0.367 e. The van der Waals surface area contributed by atoms with E-state index in [1.165, 1.54) is 13.1 Å². The van der Waals surface area contributed by atoms with E-state index >= 15 is 0 Å². The average Bonchev–Trinajstić information content (AvgIpc) is 2.68. The van der Waals surface area contributed by atoms with Gasteiger partial charge in [0.15, 0.2) is 5.78 Å². The molecule has 1 aliphatic heterocycles. The second-order valence-corrected chi connectivity index (χ2v) is 6.15. The van der Waals surface area contributed by atoms with Crippen molar-refractivity contribution in [2.45, 2.75) is 6.92 Å². The van der Waals surface area contributed by atoms with Gasteiger partial charge in [-0.05, 0) is 37.3 Å². The fourth-order valence-electron chi connectivity index (χ4n) is 2.80. The average molecular weight is 352 g/mol. The number of ketones is 1. The van der Waals surface area contributed by atoms with Crippen molar-refractivity contribution in [3.63, 3.8) is 0 Å². The molecular weight excluding hydrogens is 332 g/mol. The summed E-state index contributed by atoms with van der Waals surface area (Å²) in [6.07, 6.45) is 4.09. The third kappa shape index (κ3) is 4.05. The summed E-state index contributed by atoms with van der Waals surface area (Å²) in [5.41, 5.74) is 2.53. The molecule has 7 heteroatoms. The molecular formula is C19H20N4O3. The van der Waals surface area contributed by atoms with Crippen LogP contribution in [0, 0.1) is 0 Å². The number of aromatic nitrogens is 1. The first-order chi connectivity index (χ1) is 12.6. The number of piperazine rings is 1. The highest BCUT2D eigenvalue weighted by atomic mass is 16.2. The lowest BCUT2D eigenvalue weighted by Crippen LogP contribution is -2.45. The third-order valence-corrected chi connectivity index (χ3v) is 4.36. The molecule has 3 rings (SSSR count). The van der Waals surface area contributed by atoms with Gasteiger partial charge in [-0.15, -0.1) is 0 Å². The molecule has 134 valence electrons. The van der Waals surface area contributed by atoms with Gasteiger partial charge in [-0.2, -0.15) is 0 Å². The Labute approximate surface area is 151 Å². The van der Waals surface area contributed by atoms with E-state index in [1.807, 2.05) is 0 Å². The van der Waals surface area contributed by atoms with Crippen LogP contribution in [0.25, 0.3) is 0 Å². The fraction of sp³-hybridized carbons (Fsp3) is 0.263. The number of nitrogens with zero attached hydrogens (tertiary/aromatic N) is 3. The number of hydrogen-bond donors (Lipinski definition) is 1. The first-order valence-corrected chi connectivity index (χ1v) is 8.38. The summed E-state index contributed by atoms with van der Waals surface area (Å²) >= 11 is 0. The van der Waals surface area contributed by atoms with E-state index < -0.39 is 0 Å². The molecule has 0 atom stereocenters. The van der Waals surface area contributed by atoms with Gasteiger partial charge >= 0.3 is 0 Å². The van der Waals surface area contributed by atoms with Crippen molar-refractivity contribution in [2.75, 3.05) is 36.4 Å². The Morgan fingerprint density at radius 2 is 1.73 bits per heavy atom. The van der Waals surface area contributed by atoms with Gasteiger partial charge in [-0.25, -0.2) is 0 Å². The highest BCUT2D eigenvalue weighted by molar-refractivity contribution is 6.04. The Kier molecular flexibility index (Phi) is 5.26. The molecule has 1 fully saturated rings. The molecule has 1 aliphatic rings. The van der Waals surface area contributed by atoms with E-state index in [9.17, 15) is 14.4 Å². The Bertz CT molecular complexity index is 812. The Morgan fingerprint density at radius 3 is 2.35 bits per heavy atom. The summed E-state index contributed by atoms with van der Waals surface area (Å²) in [7, 11) is 0. The first-order valence-electron chi connectivity index (χ1n) is 8.38. The Morgan fingerprint density at radius 1 is 1.04 bits per heavy atom. The van der Waals surface area contributed by atoms with Crippen LogP contribution < -0.4 is 10.2 Å². The first kappa shape index (κ1) is 17.6. The monoisotopic (exact) mass is 352 g/mol. The number of hydrogen-bond acceptors (Lipinski definition) is 5. The van der Waals surface area contributed by atoms with Crippen LogP contribution >= 0.6 is 0 Å². The molecule has 0 spiro atoms. The summed E-state index contributed by atoms with van der Waals surface area (Å²) in [5.74, 6) is -0.282. The summed E-state index contributed by atoms with van der Waals surface area (Å²) in [6.45, 7) is 4.22. The molecule has 2 heterocycles. The minimum atomic E-state index is -0.263. The van der Waals surface area contributed by atoms with Gasteiger partial charge in [-0.3, -0.25) is 19.4 Å². The molecule has 0 radical (unpaired) electrons. The molecule has 0 saturated carbocycles. The van der Waals surface area contributed by atoms with E-state index in [1.54, 1.807) is 41.4 Å². The van der Waals surface area contributed by atoms with Gasteiger partial charge in [0.2, 0.25) is 6.41 Å². The van der Waals surface area contributed by atoms with Crippen molar-refractivity contribution in [2.24, 2.45) is 0 Å². The van der Waals surface area contributed by atoms with Gasteiger partial charge in [0.1, 0.15) is 0 Å². The SMILES string of the molecule is CC(=O)c1ccc(NC(=O)c2cncc(N3CCN(C=O)CC3)c2)cc1. The maximum Gasteiger partial charge on any atom is 0.257 e. The zero-order valence-corrected chi connectivity index (χ0v) is 14.5. The van der Waals surface area contributed by atoms with Gasteiger partial charge < -0.3 is 15.1 Å². The van der Waals surface area contributed by atoms with Crippen molar-refractivity contribution >= 4 is 29.5 Å². The number of benzene rings is 1. The lowest BCUT2D eigenvalue weighted by Gasteiger charge is -2.34. The van der Waals surface area contributed by atoms with E-state index in [0.717, 1.165) is 12.1 Å². The molecule has 1 aromatic heterocycles. The molecule has 7 nitrogen and oxygen atoms in total. The van der Waals surface area contributed by atoms with Gasteiger partial charge in [0, 0.05) is 43.6 Å². The van der Waals surface area contributed by atoms with E-state index in [2.05, 4.69) is 15.2 Å². The van der Waals surface area contributed by atoms with Crippen LogP contribution in [0.2, 0.25) is 0 Å². The maximum atomic E-state index is 12.5. The number of rotatable bonds is 5. The number of amides is 2. The van der Waals surface area contributed by atoms with Crippen LogP contribution in [-0.4, -0.2) is 54.2 Å². The molecule has 0 bridgehead atoms. The summed E-state index contributed by atoms with van der Waals surface area (Å²) in [4.78, 5) is 42.6. The lowest BCUT2D eigenvalue weighted by atomic mass is 10.1. The van der Waals surface area contributed by atoms with Gasteiger partial charge in [-0.1, -0.05) is 0 Å². The molecule has 0 unspecified atom stereocenters. The molecule has 1 N–H and O–H groups in total. The highest BCUT2D eigenvalue weighted by Crippen LogP contribution is 2.18. The van der Waals surface area contributed by atoms with Gasteiger partial charge in [0.25, 0.3) is 5.91 Å². The quantitative estimate of drug-likeness (QED) is 0.656. The van der Waals surface area contributed by atoms with Crippen LogP contribution in [0.3, 0.4) is 0 Å². The van der Waals surface area contributed by atoms with Crippen molar-refractivity contribution in [3.05, 3.63) is 53.9 Å². The third-order valence-electron chi connectivity index (χ3n) is 4.36. The normalized spacial score (nSPS) is 14.0. The topological polar surface area (TPSA) is 82.6 Å². The van der Waals surface area contributed by atoms with Crippen LogP contribution in [0.5, 0.6) is 0 Å². The zero-order chi connectivity index (χ0) is 18.5. The number of Topliss-reactive ketones (excluding diaryl/α,β-unsaturated/α-hetero) is 1. The number of pyridine rings is 1. The van der Waals surface area contributed by atoms with Crippen LogP contribution in [0.1, 0.15) is 27.6 Å². The number of nitrogens with one attached hydrogen (secondary N) is 1. The summed E-state index contributed by atoms with van der Waals surface area (Å²) in [6, 6.07) is 8.55. The predicted octanol–water partition coefficient (Wildman–Crippen LogP) is 1.81. The number of anilines is 2. The van der Waals surface area contributed by atoms with E-state index in [0.29, 0.717) is 43.0 Å².